The fourth-order valence-corrected chi connectivity index (χ4v) is 2.14. The number of halogens is 3. The lowest BCUT2D eigenvalue weighted by atomic mass is 9.95. The molecular weight excluding hydrogens is 256 g/mol. The Morgan fingerprint density at radius 3 is 2.44 bits per heavy atom. The van der Waals surface area contributed by atoms with Gasteiger partial charge in [0.25, 0.3) is 0 Å². The molecule has 0 aromatic heterocycles. The molecule has 0 radical (unpaired) electrons. The van der Waals surface area contributed by atoms with Gasteiger partial charge in [-0.05, 0) is 48.4 Å². The predicted octanol–water partition coefficient (Wildman–Crippen LogP) is 3.97. The van der Waals surface area contributed by atoms with Gasteiger partial charge in [0.1, 0.15) is 11.6 Å². The zero-order valence-corrected chi connectivity index (χ0v) is 10.5. The molecule has 2 aromatic rings. The zero-order valence-electron chi connectivity index (χ0n) is 9.75. The van der Waals surface area contributed by atoms with Gasteiger partial charge < -0.3 is 5.73 Å². The van der Waals surface area contributed by atoms with Gasteiger partial charge in [-0.25, -0.2) is 8.78 Å². The Morgan fingerprint density at radius 2 is 1.78 bits per heavy atom. The van der Waals surface area contributed by atoms with Crippen LogP contribution in [-0.2, 0) is 0 Å². The van der Waals surface area contributed by atoms with Crippen LogP contribution in [0.3, 0.4) is 0 Å². The van der Waals surface area contributed by atoms with Gasteiger partial charge in [0.05, 0.1) is 6.04 Å². The van der Waals surface area contributed by atoms with E-state index in [1.807, 2.05) is 6.92 Å². The first kappa shape index (κ1) is 13.0. The van der Waals surface area contributed by atoms with Crippen molar-refractivity contribution in [2.24, 2.45) is 5.73 Å². The summed E-state index contributed by atoms with van der Waals surface area (Å²) in [4.78, 5) is 0. The Hall–Kier alpha value is -1.45. The van der Waals surface area contributed by atoms with E-state index in [0.717, 1.165) is 29.3 Å². The van der Waals surface area contributed by atoms with E-state index >= 15 is 0 Å². The fourth-order valence-electron chi connectivity index (χ4n) is 1.91. The molecule has 0 saturated carbocycles. The van der Waals surface area contributed by atoms with Gasteiger partial charge in [-0.3, -0.25) is 0 Å². The van der Waals surface area contributed by atoms with Crippen LogP contribution in [0, 0.1) is 18.6 Å². The third-order valence-electron chi connectivity index (χ3n) is 2.86. The topological polar surface area (TPSA) is 26.0 Å². The van der Waals surface area contributed by atoms with Crippen molar-refractivity contribution in [1.82, 2.24) is 0 Å². The summed E-state index contributed by atoms with van der Waals surface area (Å²) in [6, 6.07) is 7.71. The number of hydrogen-bond acceptors (Lipinski definition) is 1. The standard InChI is InChI=1S/C14H12ClF2N/c1-8-6-9(15)2-4-11(8)14(18)12-7-10(16)3-5-13(12)17/h2-7,14H,18H2,1H3. The van der Waals surface area contributed by atoms with Gasteiger partial charge in [-0.1, -0.05) is 17.7 Å². The molecule has 1 nitrogen and oxygen atoms in total. The lowest BCUT2D eigenvalue weighted by Crippen LogP contribution is -2.15. The van der Waals surface area contributed by atoms with Crippen LogP contribution < -0.4 is 5.73 Å². The number of rotatable bonds is 2. The minimum Gasteiger partial charge on any atom is -0.320 e. The van der Waals surface area contributed by atoms with Crippen molar-refractivity contribution in [3.63, 3.8) is 0 Å². The molecule has 0 spiro atoms. The van der Waals surface area contributed by atoms with E-state index < -0.39 is 17.7 Å². The quantitative estimate of drug-likeness (QED) is 0.875. The summed E-state index contributed by atoms with van der Waals surface area (Å²) in [5, 5.41) is 0.586. The van der Waals surface area contributed by atoms with Gasteiger partial charge >= 0.3 is 0 Å². The number of hydrogen-bond donors (Lipinski definition) is 1. The third kappa shape index (κ3) is 2.52. The Kier molecular flexibility index (Phi) is 3.64. The molecule has 0 amide bonds. The van der Waals surface area contributed by atoms with E-state index in [-0.39, 0.29) is 5.56 Å². The molecule has 94 valence electrons. The number of benzene rings is 2. The largest absolute Gasteiger partial charge is 0.320 e. The van der Waals surface area contributed by atoms with Crippen LogP contribution in [0.15, 0.2) is 36.4 Å². The molecule has 0 aliphatic rings. The van der Waals surface area contributed by atoms with E-state index in [2.05, 4.69) is 0 Å². The molecule has 0 bridgehead atoms. The van der Waals surface area contributed by atoms with E-state index in [4.69, 9.17) is 17.3 Å². The molecule has 2 rings (SSSR count). The monoisotopic (exact) mass is 267 g/mol. The summed E-state index contributed by atoms with van der Waals surface area (Å²) in [5.74, 6) is -1.02. The van der Waals surface area contributed by atoms with Crippen molar-refractivity contribution in [1.29, 1.82) is 0 Å². The number of aryl methyl sites for hydroxylation is 1. The molecule has 0 fully saturated rings. The molecule has 4 heteroatoms. The molecule has 18 heavy (non-hydrogen) atoms. The van der Waals surface area contributed by atoms with Crippen molar-refractivity contribution in [3.8, 4) is 0 Å². The Bertz CT molecular complexity index is 584. The van der Waals surface area contributed by atoms with Crippen LogP contribution in [0.5, 0.6) is 0 Å². The molecule has 1 unspecified atom stereocenters. The van der Waals surface area contributed by atoms with Crippen molar-refractivity contribution in [2.75, 3.05) is 0 Å². The summed E-state index contributed by atoms with van der Waals surface area (Å²) in [5.41, 5.74) is 7.70. The van der Waals surface area contributed by atoms with Crippen LogP contribution in [0.4, 0.5) is 8.78 Å². The molecular formula is C14H12ClF2N. The molecule has 0 aliphatic carbocycles. The first-order valence-corrected chi connectivity index (χ1v) is 5.83. The van der Waals surface area contributed by atoms with Crippen LogP contribution >= 0.6 is 11.6 Å². The molecule has 0 heterocycles. The van der Waals surface area contributed by atoms with E-state index in [1.54, 1.807) is 18.2 Å². The molecule has 0 saturated heterocycles. The van der Waals surface area contributed by atoms with Gasteiger partial charge in [-0.2, -0.15) is 0 Å². The second-order valence-electron chi connectivity index (χ2n) is 4.14. The van der Waals surface area contributed by atoms with Crippen LogP contribution in [-0.4, -0.2) is 0 Å². The lowest BCUT2D eigenvalue weighted by molar-refractivity contribution is 0.576. The number of nitrogens with two attached hydrogens (primary N) is 1. The van der Waals surface area contributed by atoms with Crippen molar-refractivity contribution in [3.05, 3.63) is 69.7 Å². The second kappa shape index (κ2) is 5.04. The van der Waals surface area contributed by atoms with Gasteiger partial charge in [0, 0.05) is 10.6 Å². The highest BCUT2D eigenvalue weighted by atomic mass is 35.5. The Labute approximate surface area is 109 Å². The normalized spacial score (nSPS) is 12.5. The smallest absolute Gasteiger partial charge is 0.128 e. The van der Waals surface area contributed by atoms with E-state index in [9.17, 15) is 8.78 Å². The van der Waals surface area contributed by atoms with Crippen LogP contribution in [0.25, 0.3) is 0 Å². The highest BCUT2D eigenvalue weighted by Gasteiger charge is 2.16. The maximum atomic E-state index is 13.6. The molecule has 2 N–H and O–H groups in total. The van der Waals surface area contributed by atoms with Crippen molar-refractivity contribution >= 4 is 11.6 Å². The average molecular weight is 268 g/mol. The third-order valence-corrected chi connectivity index (χ3v) is 3.10. The fraction of sp³-hybridized carbons (Fsp3) is 0.143. The summed E-state index contributed by atoms with van der Waals surface area (Å²) >= 11 is 5.85. The van der Waals surface area contributed by atoms with Crippen LogP contribution in [0.1, 0.15) is 22.7 Å². The molecule has 1 atom stereocenters. The highest BCUT2D eigenvalue weighted by molar-refractivity contribution is 6.30. The summed E-state index contributed by atoms with van der Waals surface area (Å²) in [6.45, 7) is 1.83. The average Bonchev–Trinajstić information content (AvgIpc) is 2.31. The van der Waals surface area contributed by atoms with E-state index in [1.165, 1.54) is 0 Å². The zero-order chi connectivity index (χ0) is 13.3. The Balaban J connectivity index is 2.47. The first-order valence-electron chi connectivity index (χ1n) is 5.45. The first-order chi connectivity index (χ1) is 8.49. The minimum atomic E-state index is -0.710. The second-order valence-corrected chi connectivity index (χ2v) is 4.58. The maximum Gasteiger partial charge on any atom is 0.128 e. The summed E-state index contributed by atoms with van der Waals surface area (Å²) < 4.78 is 26.8. The van der Waals surface area contributed by atoms with Crippen molar-refractivity contribution < 1.29 is 8.78 Å². The van der Waals surface area contributed by atoms with Gasteiger partial charge in [-0.15, -0.1) is 0 Å². The van der Waals surface area contributed by atoms with Gasteiger partial charge in [0.15, 0.2) is 0 Å². The maximum absolute atomic E-state index is 13.6. The molecule has 0 aliphatic heterocycles. The SMILES string of the molecule is Cc1cc(Cl)ccc1C(N)c1cc(F)ccc1F. The van der Waals surface area contributed by atoms with Crippen molar-refractivity contribution in [2.45, 2.75) is 13.0 Å². The van der Waals surface area contributed by atoms with Crippen LogP contribution in [0.2, 0.25) is 5.02 Å². The molecule has 2 aromatic carbocycles. The predicted molar refractivity (Wildman–Crippen MR) is 68.6 cm³/mol. The lowest BCUT2D eigenvalue weighted by Gasteiger charge is -2.16. The Morgan fingerprint density at radius 1 is 1.06 bits per heavy atom. The van der Waals surface area contributed by atoms with Gasteiger partial charge in [0.2, 0.25) is 0 Å². The summed E-state index contributed by atoms with van der Waals surface area (Å²) in [7, 11) is 0. The highest BCUT2D eigenvalue weighted by Crippen LogP contribution is 2.27. The summed E-state index contributed by atoms with van der Waals surface area (Å²) in [6.07, 6.45) is 0. The minimum absolute atomic E-state index is 0.139. The van der Waals surface area contributed by atoms with E-state index in [0.29, 0.717) is 5.02 Å².